The number of halogens is 1. The maximum atomic E-state index is 11.6. The normalized spacial score (nSPS) is 17.9. The van der Waals surface area contributed by atoms with E-state index in [1.165, 1.54) is 0 Å². The molecule has 2 aliphatic rings. The maximum Gasteiger partial charge on any atom is 2.00 e. The molecule has 1 aromatic rings. The minimum absolute atomic E-state index is 0. The van der Waals surface area contributed by atoms with Crippen LogP contribution in [0.5, 0.6) is 0 Å². The van der Waals surface area contributed by atoms with Crippen molar-refractivity contribution in [3.05, 3.63) is 105 Å². The summed E-state index contributed by atoms with van der Waals surface area (Å²) >= 11 is 5.76. The van der Waals surface area contributed by atoms with E-state index in [0.717, 1.165) is 5.56 Å². The zero-order chi connectivity index (χ0) is 14.9. The Labute approximate surface area is 150 Å². The van der Waals surface area contributed by atoms with Crippen molar-refractivity contribution in [3.63, 3.8) is 0 Å². The summed E-state index contributed by atoms with van der Waals surface area (Å²) in [5.41, 5.74) is 0.962. The molecule has 3 rings (SSSR count). The smallest absolute Gasteiger partial charge is 0.294 e. The van der Waals surface area contributed by atoms with Crippen LogP contribution in [0.2, 0.25) is 5.02 Å². The number of hydrogen-bond acceptors (Lipinski definition) is 1. The van der Waals surface area contributed by atoms with Crippen LogP contribution in [-0.4, -0.2) is 5.78 Å². The summed E-state index contributed by atoms with van der Waals surface area (Å²) in [5.74, 6) is 0.727. The molecule has 3 heteroatoms. The first-order valence-corrected chi connectivity index (χ1v) is 7.00. The van der Waals surface area contributed by atoms with E-state index in [2.05, 4.69) is 0 Å². The molecule has 2 aliphatic carbocycles. The predicted octanol–water partition coefficient (Wildman–Crippen LogP) is 4.35. The fourth-order valence-electron chi connectivity index (χ4n) is 1.70. The van der Waals surface area contributed by atoms with Gasteiger partial charge in [0.2, 0.25) is 0 Å². The van der Waals surface area contributed by atoms with Gasteiger partial charge in [0.25, 0.3) is 0 Å². The quantitative estimate of drug-likeness (QED) is 0.585. The molecule has 0 aromatic heterocycles. The monoisotopic (exact) mass is 350 g/mol. The molecule has 0 N–H and O–H groups in total. The fraction of sp³-hybridized carbons (Fsp3) is 0. The molecule has 0 saturated heterocycles. The summed E-state index contributed by atoms with van der Waals surface area (Å²) in [6, 6.07) is 7.34. The van der Waals surface area contributed by atoms with Crippen molar-refractivity contribution >= 4 is 23.5 Å². The van der Waals surface area contributed by atoms with E-state index in [1.807, 2.05) is 57.1 Å². The second kappa shape index (κ2) is 11.0. The van der Waals surface area contributed by atoms with Gasteiger partial charge in [0, 0.05) is 5.02 Å². The third-order valence-corrected chi connectivity index (χ3v) is 3.05. The summed E-state index contributed by atoms with van der Waals surface area (Å²) in [7, 11) is 0. The molecule has 2 saturated carbocycles. The average molecular weight is 351 g/mol. The number of carbonyl (C=O) groups excluding carboxylic acids is 1. The first-order chi connectivity index (χ1) is 10.3. The van der Waals surface area contributed by atoms with E-state index in [-0.39, 0.29) is 22.9 Å². The molecule has 0 bridgehead atoms. The summed E-state index contributed by atoms with van der Waals surface area (Å²) < 4.78 is 0. The van der Waals surface area contributed by atoms with Gasteiger partial charge in [-0.2, -0.15) is 0 Å². The Morgan fingerprint density at radius 2 is 1.32 bits per heavy atom. The largest absolute Gasteiger partial charge is 2.00 e. The molecule has 0 heterocycles. The Morgan fingerprint density at radius 3 is 1.82 bits per heavy atom. The van der Waals surface area contributed by atoms with E-state index in [4.69, 9.17) is 11.6 Å². The Morgan fingerprint density at radius 1 is 0.818 bits per heavy atom. The van der Waals surface area contributed by atoms with Crippen LogP contribution in [0.4, 0.5) is 0 Å². The number of carbonyl (C=O) groups is 1. The van der Waals surface area contributed by atoms with Crippen LogP contribution in [-0.2, 0) is 21.9 Å². The van der Waals surface area contributed by atoms with Crippen LogP contribution in [0.15, 0.2) is 30.3 Å². The first-order valence-electron chi connectivity index (χ1n) is 6.62. The Hall–Kier alpha value is -0.561. The first kappa shape index (κ1) is 19.5. The van der Waals surface area contributed by atoms with Gasteiger partial charge in [0.05, 0.1) is 5.92 Å². The van der Waals surface area contributed by atoms with E-state index >= 15 is 0 Å². The van der Waals surface area contributed by atoms with Crippen LogP contribution in [0.3, 0.4) is 0 Å². The molecule has 0 spiro atoms. The van der Waals surface area contributed by atoms with E-state index < -0.39 is 0 Å². The molecule has 10 radical (unpaired) electrons. The number of ketones is 1. The molecule has 0 aliphatic heterocycles. The summed E-state index contributed by atoms with van der Waals surface area (Å²) in [4.78, 5) is 11.6. The van der Waals surface area contributed by atoms with Gasteiger partial charge >= 0.3 is 17.1 Å². The Kier molecular flexibility index (Phi) is 9.79. The van der Waals surface area contributed by atoms with Crippen molar-refractivity contribution in [1.29, 1.82) is 0 Å². The van der Waals surface area contributed by atoms with Gasteiger partial charge in [0.1, 0.15) is 0 Å². The minimum atomic E-state index is 0. The molecular weight excluding hydrogens is 336 g/mol. The van der Waals surface area contributed by atoms with Crippen LogP contribution < -0.4 is 0 Å². The van der Waals surface area contributed by atoms with Crippen LogP contribution >= 0.6 is 11.6 Å². The minimum Gasteiger partial charge on any atom is -0.294 e. The standard InChI is InChI=1S/C14H10ClO.C5H5.Fe/c15-13-8-5-11(6-9-13)7-10-14(16)12-3-1-2-4-12;1-2-4-5-3-1;/h1-10H;1-5H;/q;;+2/b10-7+;;. The summed E-state index contributed by atoms with van der Waals surface area (Å²) in [6.45, 7) is 0. The van der Waals surface area contributed by atoms with E-state index in [9.17, 15) is 4.79 Å². The topological polar surface area (TPSA) is 17.1 Å². The molecule has 2 fully saturated rings. The molecule has 0 atom stereocenters. The molecular formula is C19H15ClFeO+2. The molecule has 22 heavy (non-hydrogen) atoms. The zero-order valence-corrected chi connectivity index (χ0v) is 13.7. The van der Waals surface area contributed by atoms with Gasteiger partial charge in [0.15, 0.2) is 5.78 Å². The third-order valence-electron chi connectivity index (χ3n) is 2.80. The van der Waals surface area contributed by atoms with Gasteiger partial charge in [-0.1, -0.05) is 29.8 Å². The van der Waals surface area contributed by atoms with Gasteiger partial charge in [-0.25, -0.2) is 0 Å². The van der Waals surface area contributed by atoms with Crippen molar-refractivity contribution in [2.75, 3.05) is 0 Å². The third kappa shape index (κ3) is 7.13. The zero-order valence-electron chi connectivity index (χ0n) is 11.8. The summed E-state index contributed by atoms with van der Waals surface area (Å²) in [6.07, 6.45) is 20.7. The van der Waals surface area contributed by atoms with Gasteiger partial charge in [-0.15, -0.1) is 0 Å². The van der Waals surface area contributed by atoms with Crippen LogP contribution in [0.1, 0.15) is 5.56 Å². The fourth-order valence-corrected chi connectivity index (χ4v) is 1.83. The van der Waals surface area contributed by atoms with Gasteiger partial charge < -0.3 is 0 Å². The number of benzene rings is 1. The van der Waals surface area contributed by atoms with Crippen molar-refractivity contribution in [1.82, 2.24) is 0 Å². The van der Waals surface area contributed by atoms with Gasteiger partial charge in [-0.05, 0) is 81.6 Å². The molecule has 1 aromatic carbocycles. The molecule has 0 unspecified atom stereocenters. The SMILES string of the molecule is O=C(/C=C/c1ccc(Cl)cc1)[C]1[CH][CH][CH][CH]1.[CH]1[CH][CH][CH][CH]1.[Fe+2]. The van der Waals surface area contributed by atoms with Crippen molar-refractivity contribution in [3.8, 4) is 0 Å². The number of hydrogen-bond donors (Lipinski definition) is 0. The van der Waals surface area contributed by atoms with Crippen molar-refractivity contribution < 1.29 is 21.9 Å². The Bertz CT molecular complexity index is 449. The number of allylic oxidation sites excluding steroid dienone is 1. The van der Waals surface area contributed by atoms with Crippen molar-refractivity contribution in [2.45, 2.75) is 0 Å². The van der Waals surface area contributed by atoms with Crippen LogP contribution in [0, 0.1) is 63.7 Å². The Balaban J connectivity index is 0.000000344. The molecule has 1 nitrogen and oxygen atoms in total. The van der Waals surface area contributed by atoms with Crippen molar-refractivity contribution in [2.24, 2.45) is 0 Å². The second-order valence-corrected chi connectivity index (χ2v) is 4.82. The van der Waals surface area contributed by atoms with E-state index in [1.54, 1.807) is 37.1 Å². The summed E-state index contributed by atoms with van der Waals surface area (Å²) in [5, 5.41) is 0.694. The predicted molar refractivity (Wildman–Crippen MR) is 87.4 cm³/mol. The average Bonchev–Trinajstić information content (AvgIpc) is 3.21. The number of rotatable bonds is 3. The van der Waals surface area contributed by atoms with Crippen LogP contribution in [0.25, 0.3) is 6.08 Å². The maximum absolute atomic E-state index is 11.6. The second-order valence-electron chi connectivity index (χ2n) is 4.38. The molecule has 0 amide bonds. The molecule has 110 valence electrons. The van der Waals surface area contributed by atoms with E-state index in [0.29, 0.717) is 10.9 Å². The van der Waals surface area contributed by atoms with Gasteiger partial charge in [-0.3, -0.25) is 4.79 Å².